The van der Waals surface area contributed by atoms with Gasteiger partial charge in [-0.2, -0.15) is 0 Å². The van der Waals surface area contributed by atoms with Crippen LogP contribution in [0.3, 0.4) is 0 Å². The van der Waals surface area contributed by atoms with Crippen molar-refractivity contribution >= 4 is 11.8 Å². The van der Waals surface area contributed by atoms with E-state index in [0.717, 1.165) is 31.7 Å². The van der Waals surface area contributed by atoms with Crippen LogP contribution >= 0.6 is 0 Å². The molecule has 5 nitrogen and oxygen atoms in total. The van der Waals surface area contributed by atoms with Gasteiger partial charge in [-0.15, -0.1) is 0 Å². The molecule has 5 heteroatoms. The first-order valence-electron chi connectivity index (χ1n) is 7.07. The Balaban J connectivity index is 2.32. The summed E-state index contributed by atoms with van der Waals surface area (Å²) in [6.45, 7) is 8.03. The lowest BCUT2D eigenvalue weighted by molar-refractivity contribution is 0.0695. The number of nitrogens with zero attached hydrogens (tertiary/aromatic N) is 2. The Morgan fingerprint density at radius 3 is 2.65 bits per heavy atom. The molecule has 0 aliphatic rings. The molecule has 0 aliphatic heterocycles. The summed E-state index contributed by atoms with van der Waals surface area (Å²) >= 11 is 0. The van der Waals surface area contributed by atoms with E-state index in [4.69, 9.17) is 5.11 Å². The van der Waals surface area contributed by atoms with Crippen molar-refractivity contribution in [1.82, 2.24) is 9.88 Å². The van der Waals surface area contributed by atoms with Gasteiger partial charge in [0.05, 0.1) is 11.3 Å². The van der Waals surface area contributed by atoms with Crippen LogP contribution in [0.5, 0.6) is 0 Å². The Morgan fingerprint density at radius 1 is 1.40 bits per heavy atom. The molecule has 0 saturated heterocycles. The van der Waals surface area contributed by atoms with Gasteiger partial charge in [-0.1, -0.05) is 0 Å². The van der Waals surface area contributed by atoms with Gasteiger partial charge in [0, 0.05) is 12.6 Å². The molecule has 0 atom stereocenters. The first kappa shape index (κ1) is 16.4. The molecule has 0 spiro atoms. The number of pyridine rings is 1. The van der Waals surface area contributed by atoms with Gasteiger partial charge in [0.2, 0.25) is 0 Å². The number of aromatic nitrogens is 1. The predicted octanol–water partition coefficient (Wildman–Crippen LogP) is 2.62. The van der Waals surface area contributed by atoms with Crippen LogP contribution < -0.4 is 5.32 Å². The van der Waals surface area contributed by atoms with Crippen LogP contribution in [0.2, 0.25) is 0 Å². The summed E-state index contributed by atoms with van der Waals surface area (Å²) in [5.74, 6) is -0.192. The van der Waals surface area contributed by atoms with Crippen LogP contribution in [0.1, 0.15) is 42.7 Å². The summed E-state index contributed by atoms with van der Waals surface area (Å²) in [6, 6.07) is 3.90. The summed E-state index contributed by atoms with van der Waals surface area (Å²) in [7, 11) is 2.13. The Hall–Kier alpha value is -1.62. The van der Waals surface area contributed by atoms with Crippen LogP contribution in [0.4, 0.5) is 5.82 Å². The molecule has 1 rings (SSSR count). The van der Waals surface area contributed by atoms with Crippen molar-refractivity contribution in [2.45, 2.75) is 39.7 Å². The number of aromatic carboxylic acids is 1. The van der Waals surface area contributed by atoms with E-state index in [1.807, 2.05) is 0 Å². The number of hydrogen-bond donors (Lipinski definition) is 2. The van der Waals surface area contributed by atoms with E-state index in [0.29, 0.717) is 11.7 Å². The minimum absolute atomic E-state index is 0.258. The number of carboxylic acids is 1. The van der Waals surface area contributed by atoms with E-state index in [1.54, 1.807) is 19.1 Å². The first-order valence-corrected chi connectivity index (χ1v) is 7.07. The Labute approximate surface area is 121 Å². The van der Waals surface area contributed by atoms with Crippen molar-refractivity contribution in [2.24, 2.45) is 0 Å². The van der Waals surface area contributed by atoms with Crippen molar-refractivity contribution in [3.63, 3.8) is 0 Å². The quantitative estimate of drug-likeness (QED) is 0.716. The van der Waals surface area contributed by atoms with Gasteiger partial charge in [-0.05, 0) is 59.3 Å². The lowest BCUT2D eigenvalue weighted by Crippen LogP contribution is -2.27. The number of aryl methyl sites for hydroxylation is 1. The van der Waals surface area contributed by atoms with Crippen LogP contribution in [0.25, 0.3) is 0 Å². The standard InChI is InChI=1S/C15H25N3O2/c1-11(2)18(4)10-6-5-9-16-14-8-7-13(15(19)20)12(3)17-14/h7-8,11H,5-6,9-10H2,1-4H3,(H,16,17)(H,19,20). The van der Waals surface area contributed by atoms with E-state index in [2.05, 4.69) is 36.1 Å². The second kappa shape index (κ2) is 7.85. The van der Waals surface area contributed by atoms with Gasteiger partial charge in [-0.3, -0.25) is 0 Å². The monoisotopic (exact) mass is 279 g/mol. The van der Waals surface area contributed by atoms with E-state index in [-0.39, 0.29) is 5.56 Å². The lowest BCUT2D eigenvalue weighted by atomic mass is 10.2. The van der Waals surface area contributed by atoms with Crippen molar-refractivity contribution in [3.8, 4) is 0 Å². The van der Waals surface area contributed by atoms with Crippen molar-refractivity contribution in [1.29, 1.82) is 0 Å². The third-order valence-corrected chi connectivity index (χ3v) is 3.44. The van der Waals surface area contributed by atoms with Gasteiger partial charge in [0.15, 0.2) is 0 Å². The van der Waals surface area contributed by atoms with E-state index < -0.39 is 5.97 Å². The topological polar surface area (TPSA) is 65.5 Å². The zero-order valence-electron chi connectivity index (χ0n) is 12.8. The zero-order chi connectivity index (χ0) is 15.1. The molecular weight excluding hydrogens is 254 g/mol. The minimum atomic E-state index is -0.932. The molecule has 2 N–H and O–H groups in total. The molecular formula is C15H25N3O2. The fraction of sp³-hybridized carbons (Fsp3) is 0.600. The predicted molar refractivity (Wildman–Crippen MR) is 81.4 cm³/mol. The molecule has 1 heterocycles. The molecule has 20 heavy (non-hydrogen) atoms. The van der Waals surface area contributed by atoms with Crippen molar-refractivity contribution in [2.75, 3.05) is 25.5 Å². The number of hydrogen-bond acceptors (Lipinski definition) is 4. The highest BCUT2D eigenvalue weighted by molar-refractivity contribution is 5.89. The molecule has 0 amide bonds. The maximum atomic E-state index is 10.9. The summed E-state index contributed by atoms with van der Waals surface area (Å²) in [5, 5.41) is 12.2. The molecule has 0 aliphatic carbocycles. The Morgan fingerprint density at radius 2 is 2.10 bits per heavy atom. The Kier molecular flexibility index (Phi) is 6.45. The van der Waals surface area contributed by atoms with Crippen LogP contribution in [0.15, 0.2) is 12.1 Å². The summed E-state index contributed by atoms with van der Waals surface area (Å²) in [6.07, 6.45) is 2.20. The third kappa shape index (κ3) is 5.17. The van der Waals surface area contributed by atoms with Gasteiger partial charge < -0.3 is 15.3 Å². The maximum absolute atomic E-state index is 10.9. The highest BCUT2D eigenvalue weighted by atomic mass is 16.4. The van der Waals surface area contributed by atoms with Gasteiger partial charge >= 0.3 is 5.97 Å². The SMILES string of the molecule is Cc1nc(NCCCCN(C)C(C)C)ccc1C(=O)O. The number of rotatable bonds is 8. The summed E-state index contributed by atoms with van der Waals surface area (Å²) in [5.41, 5.74) is 0.802. The third-order valence-electron chi connectivity index (χ3n) is 3.44. The molecule has 0 saturated carbocycles. The largest absolute Gasteiger partial charge is 0.478 e. The lowest BCUT2D eigenvalue weighted by Gasteiger charge is -2.20. The normalized spacial score (nSPS) is 11.1. The highest BCUT2D eigenvalue weighted by Crippen LogP contribution is 2.10. The zero-order valence-corrected chi connectivity index (χ0v) is 12.8. The highest BCUT2D eigenvalue weighted by Gasteiger charge is 2.08. The van der Waals surface area contributed by atoms with Crippen LogP contribution in [-0.4, -0.2) is 47.1 Å². The molecule has 1 aromatic heterocycles. The fourth-order valence-electron chi connectivity index (χ4n) is 1.85. The average Bonchev–Trinajstić information content (AvgIpc) is 2.37. The molecule has 0 aromatic carbocycles. The van der Waals surface area contributed by atoms with Crippen molar-refractivity contribution < 1.29 is 9.90 Å². The van der Waals surface area contributed by atoms with Crippen LogP contribution in [0, 0.1) is 6.92 Å². The summed E-state index contributed by atoms with van der Waals surface area (Å²) < 4.78 is 0. The van der Waals surface area contributed by atoms with E-state index >= 15 is 0 Å². The second-order valence-corrected chi connectivity index (χ2v) is 5.34. The van der Waals surface area contributed by atoms with Gasteiger partial charge in [0.25, 0.3) is 0 Å². The maximum Gasteiger partial charge on any atom is 0.337 e. The molecule has 112 valence electrons. The number of carboxylic acid groups (broad SMARTS) is 1. The molecule has 1 aromatic rings. The summed E-state index contributed by atoms with van der Waals surface area (Å²) in [4.78, 5) is 17.5. The fourth-order valence-corrected chi connectivity index (χ4v) is 1.85. The molecule has 0 radical (unpaired) electrons. The number of unbranched alkanes of at least 4 members (excludes halogenated alkanes) is 1. The van der Waals surface area contributed by atoms with Crippen LogP contribution in [-0.2, 0) is 0 Å². The Bertz CT molecular complexity index is 447. The number of anilines is 1. The number of nitrogens with one attached hydrogen (secondary N) is 1. The molecule has 0 bridgehead atoms. The second-order valence-electron chi connectivity index (χ2n) is 5.34. The molecule has 0 unspecified atom stereocenters. The average molecular weight is 279 g/mol. The van der Waals surface area contributed by atoms with E-state index in [9.17, 15) is 4.79 Å². The molecule has 0 fully saturated rings. The minimum Gasteiger partial charge on any atom is -0.478 e. The number of carbonyl (C=O) groups is 1. The van der Waals surface area contributed by atoms with Crippen molar-refractivity contribution in [3.05, 3.63) is 23.4 Å². The van der Waals surface area contributed by atoms with Gasteiger partial charge in [0.1, 0.15) is 5.82 Å². The van der Waals surface area contributed by atoms with E-state index in [1.165, 1.54) is 0 Å². The smallest absolute Gasteiger partial charge is 0.337 e. The van der Waals surface area contributed by atoms with Gasteiger partial charge in [-0.25, -0.2) is 9.78 Å². The first-order chi connectivity index (χ1) is 9.41.